The minimum absolute atomic E-state index is 0.0119. The van der Waals surface area contributed by atoms with E-state index in [0.29, 0.717) is 34.3 Å². The average Bonchev–Trinajstić information content (AvgIpc) is 2.78. The summed E-state index contributed by atoms with van der Waals surface area (Å²) in [4.78, 5) is 10.5. The van der Waals surface area contributed by atoms with Gasteiger partial charge in [0.2, 0.25) is 0 Å². The maximum atomic E-state index is 10.9. The van der Waals surface area contributed by atoms with Gasteiger partial charge in [0.15, 0.2) is 11.5 Å². The fourth-order valence-electron chi connectivity index (χ4n) is 2.90. The van der Waals surface area contributed by atoms with Crippen LogP contribution in [0.4, 0.5) is 5.69 Å². The molecule has 7 heteroatoms. The second-order valence-electron chi connectivity index (χ2n) is 6.53. The Kier molecular flexibility index (Phi) is 7.26. The van der Waals surface area contributed by atoms with E-state index in [2.05, 4.69) is 6.07 Å². The molecule has 0 atom stereocenters. The zero-order chi connectivity index (χ0) is 22.2. The number of halogens is 1. The highest BCUT2D eigenvalue weighted by Gasteiger charge is 2.10. The number of nitriles is 1. The van der Waals surface area contributed by atoms with Crippen LogP contribution < -0.4 is 9.47 Å². The standard InChI is InChI=1S/C24H19ClN2O4/c1-2-30-24-14-17(12-20(15-26)19-7-9-21(25)10-8-19)6-11-23(24)31-16-18-4-3-5-22(13-18)27(28)29/h3-14H,2,16H2,1H3. The van der Waals surface area contributed by atoms with Gasteiger partial charge in [0, 0.05) is 17.2 Å². The Bertz CT molecular complexity index is 1150. The van der Waals surface area contributed by atoms with Crippen molar-refractivity contribution in [1.29, 1.82) is 5.26 Å². The summed E-state index contributed by atoms with van der Waals surface area (Å²) >= 11 is 5.92. The third-order valence-electron chi connectivity index (χ3n) is 4.37. The Balaban J connectivity index is 1.83. The van der Waals surface area contributed by atoms with Crippen LogP contribution in [-0.2, 0) is 6.61 Å². The Morgan fingerprint density at radius 3 is 2.55 bits per heavy atom. The number of allylic oxidation sites excluding steroid dienone is 1. The largest absolute Gasteiger partial charge is 0.490 e. The molecule has 0 heterocycles. The van der Waals surface area contributed by atoms with E-state index in [0.717, 1.165) is 11.1 Å². The smallest absolute Gasteiger partial charge is 0.269 e. The first kappa shape index (κ1) is 21.9. The fraction of sp³-hybridized carbons (Fsp3) is 0.125. The Labute approximate surface area is 185 Å². The summed E-state index contributed by atoms with van der Waals surface area (Å²) in [5, 5.41) is 21.1. The van der Waals surface area contributed by atoms with Crippen LogP contribution >= 0.6 is 11.6 Å². The molecule has 0 aliphatic heterocycles. The van der Waals surface area contributed by atoms with Gasteiger partial charge in [-0.15, -0.1) is 0 Å². The molecule has 0 radical (unpaired) electrons. The molecule has 0 aliphatic rings. The third-order valence-corrected chi connectivity index (χ3v) is 4.62. The summed E-state index contributed by atoms with van der Waals surface area (Å²) in [5.41, 5.74) is 2.71. The maximum absolute atomic E-state index is 10.9. The van der Waals surface area contributed by atoms with E-state index in [4.69, 9.17) is 21.1 Å². The van der Waals surface area contributed by atoms with E-state index in [9.17, 15) is 15.4 Å². The minimum Gasteiger partial charge on any atom is -0.490 e. The molecule has 0 aromatic heterocycles. The average molecular weight is 435 g/mol. The van der Waals surface area contributed by atoms with Crippen molar-refractivity contribution in [2.75, 3.05) is 6.61 Å². The lowest BCUT2D eigenvalue weighted by Gasteiger charge is -2.13. The fourth-order valence-corrected chi connectivity index (χ4v) is 3.03. The summed E-state index contributed by atoms with van der Waals surface area (Å²) in [6.07, 6.45) is 1.76. The lowest BCUT2D eigenvalue weighted by atomic mass is 10.0. The van der Waals surface area contributed by atoms with E-state index in [1.54, 1.807) is 54.6 Å². The van der Waals surface area contributed by atoms with Crippen molar-refractivity contribution in [3.8, 4) is 17.6 Å². The number of hydrogen-bond donors (Lipinski definition) is 0. The van der Waals surface area contributed by atoms with Crippen molar-refractivity contribution in [3.05, 3.63) is 98.6 Å². The van der Waals surface area contributed by atoms with E-state index in [1.807, 2.05) is 13.0 Å². The van der Waals surface area contributed by atoms with E-state index >= 15 is 0 Å². The Hall–Kier alpha value is -3.82. The SMILES string of the molecule is CCOc1cc(C=C(C#N)c2ccc(Cl)cc2)ccc1OCc1cccc([N+](=O)[O-])c1. The molecule has 0 saturated heterocycles. The van der Waals surface area contributed by atoms with E-state index in [-0.39, 0.29) is 12.3 Å². The number of ether oxygens (including phenoxy) is 2. The van der Waals surface area contributed by atoms with Gasteiger partial charge in [-0.1, -0.05) is 41.9 Å². The van der Waals surface area contributed by atoms with E-state index < -0.39 is 4.92 Å². The first-order valence-corrected chi connectivity index (χ1v) is 9.88. The summed E-state index contributed by atoms with van der Waals surface area (Å²) < 4.78 is 11.5. The van der Waals surface area contributed by atoms with Gasteiger partial charge >= 0.3 is 0 Å². The van der Waals surface area contributed by atoms with Gasteiger partial charge in [0.25, 0.3) is 5.69 Å². The number of hydrogen-bond acceptors (Lipinski definition) is 5. The third kappa shape index (κ3) is 5.84. The van der Waals surface area contributed by atoms with Crippen LogP contribution in [0.15, 0.2) is 66.7 Å². The van der Waals surface area contributed by atoms with Crippen LogP contribution in [-0.4, -0.2) is 11.5 Å². The van der Waals surface area contributed by atoms with Crippen molar-refractivity contribution in [2.24, 2.45) is 0 Å². The van der Waals surface area contributed by atoms with Crippen LogP contribution in [0.5, 0.6) is 11.5 Å². The van der Waals surface area contributed by atoms with Crippen LogP contribution in [0.2, 0.25) is 5.02 Å². The molecule has 3 aromatic carbocycles. The minimum atomic E-state index is -0.441. The molecule has 0 unspecified atom stereocenters. The molecule has 0 aliphatic carbocycles. The Morgan fingerprint density at radius 2 is 1.87 bits per heavy atom. The molecule has 31 heavy (non-hydrogen) atoms. The van der Waals surface area contributed by atoms with Crippen LogP contribution in [0.25, 0.3) is 11.6 Å². The monoisotopic (exact) mass is 434 g/mol. The molecule has 0 spiro atoms. The number of rotatable bonds is 8. The lowest BCUT2D eigenvalue weighted by Crippen LogP contribution is -2.00. The number of nitro benzene ring substituents is 1. The summed E-state index contributed by atoms with van der Waals surface area (Å²) in [5.74, 6) is 1.03. The van der Waals surface area contributed by atoms with Gasteiger partial charge in [0.1, 0.15) is 6.61 Å². The molecular formula is C24H19ClN2O4. The summed E-state index contributed by atoms with van der Waals surface area (Å²) in [6.45, 7) is 2.45. The lowest BCUT2D eigenvalue weighted by molar-refractivity contribution is -0.384. The molecule has 0 amide bonds. The van der Waals surface area contributed by atoms with Crippen molar-refractivity contribution in [1.82, 2.24) is 0 Å². The van der Waals surface area contributed by atoms with E-state index in [1.165, 1.54) is 12.1 Å². The van der Waals surface area contributed by atoms with Crippen molar-refractivity contribution in [3.63, 3.8) is 0 Å². The van der Waals surface area contributed by atoms with Gasteiger partial charge in [0.05, 0.1) is 23.2 Å². The predicted octanol–water partition coefficient (Wildman–Crippen LogP) is 6.29. The molecule has 0 N–H and O–H groups in total. The van der Waals surface area contributed by atoms with Crippen LogP contribution in [0.3, 0.4) is 0 Å². The first-order valence-electron chi connectivity index (χ1n) is 9.51. The zero-order valence-corrected chi connectivity index (χ0v) is 17.5. The molecule has 3 aromatic rings. The van der Waals surface area contributed by atoms with Gasteiger partial charge < -0.3 is 9.47 Å². The molecular weight excluding hydrogens is 416 g/mol. The topological polar surface area (TPSA) is 85.4 Å². The zero-order valence-electron chi connectivity index (χ0n) is 16.7. The number of nitrogens with zero attached hydrogens (tertiary/aromatic N) is 2. The molecule has 6 nitrogen and oxygen atoms in total. The van der Waals surface area contributed by atoms with Crippen LogP contribution in [0, 0.1) is 21.4 Å². The molecule has 156 valence electrons. The molecule has 0 bridgehead atoms. The first-order chi connectivity index (χ1) is 15.0. The van der Waals surface area contributed by atoms with Crippen molar-refractivity contribution >= 4 is 28.9 Å². The Morgan fingerprint density at radius 1 is 1.10 bits per heavy atom. The normalized spacial score (nSPS) is 10.9. The predicted molar refractivity (Wildman–Crippen MR) is 120 cm³/mol. The van der Waals surface area contributed by atoms with Gasteiger partial charge in [-0.05, 0) is 54.0 Å². The maximum Gasteiger partial charge on any atom is 0.269 e. The van der Waals surface area contributed by atoms with Gasteiger partial charge in [-0.25, -0.2) is 0 Å². The van der Waals surface area contributed by atoms with Gasteiger partial charge in [-0.3, -0.25) is 10.1 Å². The quantitative estimate of drug-likeness (QED) is 0.180. The van der Waals surface area contributed by atoms with Crippen molar-refractivity contribution < 1.29 is 14.4 Å². The highest BCUT2D eigenvalue weighted by molar-refractivity contribution is 6.30. The highest BCUT2D eigenvalue weighted by atomic mass is 35.5. The number of non-ortho nitro benzene ring substituents is 1. The van der Waals surface area contributed by atoms with Crippen molar-refractivity contribution in [2.45, 2.75) is 13.5 Å². The molecule has 3 rings (SSSR count). The van der Waals surface area contributed by atoms with Crippen LogP contribution in [0.1, 0.15) is 23.6 Å². The number of benzene rings is 3. The number of nitro groups is 1. The molecule has 0 fully saturated rings. The second kappa shape index (κ2) is 10.3. The summed E-state index contributed by atoms with van der Waals surface area (Å²) in [6, 6.07) is 20.9. The van der Waals surface area contributed by atoms with Gasteiger partial charge in [-0.2, -0.15) is 5.26 Å². The highest BCUT2D eigenvalue weighted by Crippen LogP contribution is 2.31. The molecule has 0 saturated carbocycles. The summed E-state index contributed by atoms with van der Waals surface area (Å²) in [7, 11) is 0. The second-order valence-corrected chi connectivity index (χ2v) is 6.97.